The van der Waals surface area contributed by atoms with Crippen LogP contribution >= 0.6 is 0 Å². The van der Waals surface area contributed by atoms with Crippen LogP contribution < -0.4 is 0 Å². The van der Waals surface area contributed by atoms with Crippen molar-refractivity contribution in [3.8, 4) is 0 Å². The van der Waals surface area contributed by atoms with Gasteiger partial charge in [-0.3, -0.25) is 0 Å². The fourth-order valence-corrected chi connectivity index (χ4v) is 1.42. The Kier molecular flexibility index (Phi) is 18.2. The van der Waals surface area contributed by atoms with Crippen LogP contribution in [0.4, 0.5) is 0 Å². The molecule has 0 aromatic carbocycles. The van der Waals surface area contributed by atoms with E-state index in [9.17, 15) is 0 Å². The molecule has 0 amide bonds. The van der Waals surface area contributed by atoms with E-state index in [-0.39, 0.29) is 21.1 Å². The minimum absolute atomic E-state index is 0. The Morgan fingerprint density at radius 3 is 1.77 bits per heavy atom. The van der Waals surface area contributed by atoms with Crippen molar-refractivity contribution in [2.45, 2.75) is 64.7 Å². The van der Waals surface area contributed by atoms with Gasteiger partial charge in [0.2, 0.25) is 0 Å². The second-order valence-corrected chi connectivity index (χ2v) is 3.55. The van der Waals surface area contributed by atoms with E-state index in [0.29, 0.717) is 0 Å². The predicted molar refractivity (Wildman–Crippen MR) is 57.4 cm³/mol. The summed E-state index contributed by atoms with van der Waals surface area (Å²) in [5.41, 5.74) is 0. The number of hydrogen-bond donors (Lipinski definition) is 0. The molecular weight excluding hydrogens is 339 g/mol. The average Bonchev–Trinajstić information content (AvgIpc) is 2.10. The Bertz CT molecular complexity index is 89.1. The van der Waals surface area contributed by atoms with Gasteiger partial charge >= 0.3 is 0 Å². The molecule has 0 aromatic rings. The zero-order valence-electron chi connectivity index (χ0n) is 8.96. The summed E-state index contributed by atoms with van der Waals surface area (Å²) in [4.78, 5) is 0. The molecule has 0 unspecified atom stereocenters. The van der Waals surface area contributed by atoms with E-state index in [1.165, 1.54) is 57.8 Å². The third-order valence-electron chi connectivity index (χ3n) is 2.26. The molecule has 0 nitrogen and oxygen atoms in total. The van der Waals surface area contributed by atoms with Gasteiger partial charge < -0.3 is 0 Å². The minimum atomic E-state index is 0. The number of rotatable bonds is 9. The van der Waals surface area contributed by atoms with Gasteiger partial charge in [0, 0.05) is 21.1 Å². The second kappa shape index (κ2) is 14.9. The van der Waals surface area contributed by atoms with Crippen LogP contribution in [0.5, 0.6) is 0 Å². The van der Waals surface area contributed by atoms with Crippen molar-refractivity contribution in [2.75, 3.05) is 0 Å². The molecule has 0 heterocycles. The van der Waals surface area contributed by atoms with E-state index in [2.05, 4.69) is 13.5 Å². The molecule has 0 aliphatic heterocycles. The van der Waals surface area contributed by atoms with Gasteiger partial charge in [0.15, 0.2) is 0 Å². The molecule has 0 aliphatic carbocycles. The van der Waals surface area contributed by atoms with Gasteiger partial charge in [0.25, 0.3) is 0 Å². The number of unbranched alkanes of at least 4 members (excludes halogenated alkanes) is 8. The van der Waals surface area contributed by atoms with Crippen molar-refractivity contribution >= 4 is 0 Å². The fourth-order valence-electron chi connectivity index (χ4n) is 1.42. The number of hydrogen-bond acceptors (Lipinski definition) is 0. The van der Waals surface area contributed by atoms with Crippen LogP contribution in [0.2, 0.25) is 0 Å². The normalized spacial score (nSPS) is 9.31. The van der Waals surface area contributed by atoms with Crippen molar-refractivity contribution in [3.63, 3.8) is 0 Å². The third-order valence-corrected chi connectivity index (χ3v) is 2.26. The van der Waals surface area contributed by atoms with Gasteiger partial charge in [-0.15, -0.1) is 6.58 Å². The molecule has 0 rings (SSSR count). The monoisotopic (exact) mass is 363 g/mol. The topological polar surface area (TPSA) is 0 Å². The standard InChI is InChI=1S/C12H24.Pt/c1-3-5-7-9-11-12-10-8-6-4-2;/h3H,1,4-12H2,2H3;. The molecule has 0 N–H and O–H groups in total. The van der Waals surface area contributed by atoms with Crippen molar-refractivity contribution in [3.05, 3.63) is 12.7 Å². The van der Waals surface area contributed by atoms with Crippen LogP contribution in [0.15, 0.2) is 12.7 Å². The van der Waals surface area contributed by atoms with Crippen LogP contribution in [0, 0.1) is 0 Å². The van der Waals surface area contributed by atoms with Crippen molar-refractivity contribution < 1.29 is 21.1 Å². The van der Waals surface area contributed by atoms with Crippen LogP contribution in [0.1, 0.15) is 64.7 Å². The predicted octanol–water partition coefficient (Wildman–Crippen LogP) is 4.70. The molecule has 1 heteroatoms. The van der Waals surface area contributed by atoms with E-state index < -0.39 is 0 Å². The zero-order chi connectivity index (χ0) is 9.07. The van der Waals surface area contributed by atoms with Crippen LogP contribution in [-0.2, 0) is 21.1 Å². The van der Waals surface area contributed by atoms with Crippen molar-refractivity contribution in [2.24, 2.45) is 0 Å². The minimum Gasteiger partial charge on any atom is -0.103 e. The second-order valence-electron chi connectivity index (χ2n) is 3.55. The smallest absolute Gasteiger partial charge is 0 e. The number of allylic oxidation sites excluding steroid dienone is 1. The maximum atomic E-state index is 3.72. The Morgan fingerprint density at radius 2 is 1.31 bits per heavy atom. The molecule has 13 heavy (non-hydrogen) atoms. The van der Waals surface area contributed by atoms with Crippen molar-refractivity contribution in [1.82, 2.24) is 0 Å². The molecule has 0 aliphatic rings. The Labute approximate surface area is 98.5 Å². The molecular formula is C12H24Pt. The van der Waals surface area contributed by atoms with Crippen LogP contribution in [0.3, 0.4) is 0 Å². The molecule has 0 saturated carbocycles. The van der Waals surface area contributed by atoms with Gasteiger partial charge in [-0.1, -0.05) is 57.9 Å². The SMILES string of the molecule is C=CCCCCCCCCCC.[Pt]. The molecule has 0 aromatic heterocycles. The summed E-state index contributed by atoms with van der Waals surface area (Å²) >= 11 is 0. The summed E-state index contributed by atoms with van der Waals surface area (Å²) in [5, 5.41) is 0. The molecule has 0 bridgehead atoms. The summed E-state index contributed by atoms with van der Waals surface area (Å²) in [5.74, 6) is 0. The fraction of sp³-hybridized carbons (Fsp3) is 0.833. The largest absolute Gasteiger partial charge is 0.103 e. The molecule has 0 radical (unpaired) electrons. The van der Waals surface area contributed by atoms with Gasteiger partial charge in [-0.05, 0) is 12.8 Å². The van der Waals surface area contributed by atoms with E-state index >= 15 is 0 Å². The molecule has 0 atom stereocenters. The quantitative estimate of drug-likeness (QED) is 0.411. The average molecular weight is 363 g/mol. The summed E-state index contributed by atoms with van der Waals surface area (Å²) < 4.78 is 0. The van der Waals surface area contributed by atoms with Crippen molar-refractivity contribution in [1.29, 1.82) is 0 Å². The summed E-state index contributed by atoms with van der Waals surface area (Å²) in [6.07, 6.45) is 14.5. The Morgan fingerprint density at radius 1 is 0.846 bits per heavy atom. The Balaban J connectivity index is 0. The molecule has 0 saturated heterocycles. The van der Waals surface area contributed by atoms with E-state index in [1.54, 1.807) is 0 Å². The van der Waals surface area contributed by atoms with Crippen LogP contribution in [0.25, 0.3) is 0 Å². The first-order chi connectivity index (χ1) is 5.91. The van der Waals surface area contributed by atoms with Crippen LogP contribution in [-0.4, -0.2) is 0 Å². The van der Waals surface area contributed by atoms with Gasteiger partial charge in [0.1, 0.15) is 0 Å². The van der Waals surface area contributed by atoms with Gasteiger partial charge in [-0.2, -0.15) is 0 Å². The van der Waals surface area contributed by atoms with E-state index in [1.807, 2.05) is 6.08 Å². The van der Waals surface area contributed by atoms with E-state index in [0.717, 1.165) is 0 Å². The Hall–Kier alpha value is 0.428. The van der Waals surface area contributed by atoms with E-state index in [4.69, 9.17) is 0 Å². The van der Waals surface area contributed by atoms with Gasteiger partial charge in [0.05, 0.1) is 0 Å². The first kappa shape index (κ1) is 15.9. The third kappa shape index (κ3) is 15.2. The summed E-state index contributed by atoms with van der Waals surface area (Å²) in [6, 6.07) is 0. The maximum Gasteiger partial charge on any atom is 0 e. The molecule has 82 valence electrons. The molecule has 0 spiro atoms. The molecule has 0 fully saturated rings. The summed E-state index contributed by atoms with van der Waals surface area (Å²) in [6.45, 7) is 5.99. The maximum absolute atomic E-state index is 3.72. The van der Waals surface area contributed by atoms with Gasteiger partial charge in [-0.25, -0.2) is 0 Å². The first-order valence-corrected chi connectivity index (χ1v) is 5.52. The zero-order valence-corrected chi connectivity index (χ0v) is 11.2. The summed E-state index contributed by atoms with van der Waals surface area (Å²) in [7, 11) is 0. The first-order valence-electron chi connectivity index (χ1n) is 5.52.